The molecule has 1 spiro atoms. The zero-order chi connectivity index (χ0) is 7.73. The Balaban J connectivity index is 1.98. The van der Waals surface area contributed by atoms with Gasteiger partial charge in [-0.2, -0.15) is 0 Å². The molecule has 4 nitrogen and oxygen atoms in total. The molecule has 2 aliphatic rings. The van der Waals surface area contributed by atoms with Crippen molar-refractivity contribution in [1.82, 2.24) is 0 Å². The zero-order valence-corrected chi connectivity index (χ0v) is 6.54. The molecule has 2 fully saturated rings. The first kappa shape index (κ1) is 7.49. The first-order valence-corrected chi connectivity index (χ1v) is 3.90. The van der Waals surface area contributed by atoms with E-state index in [0.717, 1.165) is 6.42 Å². The molecule has 1 unspecified atom stereocenters. The third-order valence-electron chi connectivity index (χ3n) is 1.69. The summed E-state index contributed by atoms with van der Waals surface area (Å²) in [7, 11) is 0. The molecule has 0 amide bonds. The molecular weight excluding hydrogens is 148 g/mol. The third-order valence-corrected chi connectivity index (χ3v) is 1.69. The fourth-order valence-electron chi connectivity index (χ4n) is 1.18. The Bertz CT molecular complexity index is 136. The molecule has 0 aromatic rings. The van der Waals surface area contributed by atoms with E-state index in [1.54, 1.807) is 0 Å². The van der Waals surface area contributed by atoms with E-state index in [0.29, 0.717) is 19.8 Å². The van der Waals surface area contributed by atoms with Crippen molar-refractivity contribution < 1.29 is 18.9 Å². The summed E-state index contributed by atoms with van der Waals surface area (Å²) in [6.45, 7) is 3.76. The van der Waals surface area contributed by atoms with Gasteiger partial charge in [0.05, 0.1) is 25.9 Å². The molecule has 0 aromatic carbocycles. The van der Waals surface area contributed by atoms with Crippen LogP contribution in [0.1, 0.15) is 13.3 Å². The summed E-state index contributed by atoms with van der Waals surface area (Å²) in [6.07, 6.45) is -0.186. The Morgan fingerprint density at radius 1 is 1.18 bits per heavy atom. The summed E-state index contributed by atoms with van der Waals surface area (Å²) in [5.41, 5.74) is 0. The van der Waals surface area contributed by atoms with Gasteiger partial charge in [0.1, 0.15) is 0 Å². The molecule has 11 heavy (non-hydrogen) atoms. The maximum absolute atomic E-state index is 5.32. The molecule has 0 aliphatic carbocycles. The van der Waals surface area contributed by atoms with E-state index < -0.39 is 6.16 Å². The first-order chi connectivity index (χ1) is 5.31. The second-order valence-corrected chi connectivity index (χ2v) is 2.79. The summed E-state index contributed by atoms with van der Waals surface area (Å²) in [6, 6.07) is 0. The van der Waals surface area contributed by atoms with Crippen LogP contribution in [0.4, 0.5) is 0 Å². The summed E-state index contributed by atoms with van der Waals surface area (Å²) in [4.78, 5) is 0. The van der Waals surface area contributed by atoms with Gasteiger partial charge in [-0.1, -0.05) is 0 Å². The molecule has 0 radical (unpaired) electrons. The molecule has 0 N–H and O–H groups in total. The quantitative estimate of drug-likeness (QED) is 0.516. The average Bonchev–Trinajstić information content (AvgIpc) is 2.34. The Kier molecular flexibility index (Phi) is 1.85. The highest BCUT2D eigenvalue weighted by molar-refractivity contribution is 4.62. The average molecular weight is 160 g/mol. The van der Waals surface area contributed by atoms with Crippen LogP contribution in [0.2, 0.25) is 0 Å². The second kappa shape index (κ2) is 2.71. The minimum atomic E-state index is -1.16. The molecule has 64 valence electrons. The van der Waals surface area contributed by atoms with Crippen LogP contribution in [0.15, 0.2) is 0 Å². The van der Waals surface area contributed by atoms with Gasteiger partial charge in [-0.15, -0.1) is 0 Å². The van der Waals surface area contributed by atoms with E-state index in [-0.39, 0.29) is 6.10 Å². The van der Waals surface area contributed by atoms with Gasteiger partial charge in [-0.3, -0.25) is 4.74 Å². The van der Waals surface area contributed by atoms with Crippen LogP contribution in [0.25, 0.3) is 0 Å². The van der Waals surface area contributed by atoms with E-state index in [1.807, 2.05) is 6.92 Å². The van der Waals surface area contributed by atoms with Crippen LogP contribution in [-0.4, -0.2) is 32.1 Å². The van der Waals surface area contributed by atoms with E-state index >= 15 is 0 Å². The fourth-order valence-corrected chi connectivity index (χ4v) is 1.18. The van der Waals surface area contributed by atoms with Gasteiger partial charge < -0.3 is 14.2 Å². The first-order valence-electron chi connectivity index (χ1n) is 3.90. The van der Waals surface area contributed by atoms with Crippen molar-refractivity contribution >= 4 is 0 Å². The monoisotopic (exact) mass is 160 g/mol. The zero-order valence-electron chi connectivity index (χ0n) is 6.54. The molecule has 2 rings (SSSR count). The lowest BCUT2D eigenvalue weighted by Gasteiger charge is -2.30. The Hall–Kier alpha value is -0.160. The van der Waals surface area contributed by atoms with E-state index in [1.165, 1.54) is 0 Å². The molecule has 0 saturated carbocycles. The van der Waals surface area contributed by atoms with Crippen LogP contribution < -0.4 is 0 Å². The summed E-state index contributed by atoms with van der Waals surface area (Å²) in [5.74, 6) is 0. The maximum Gasteiger partial charge on any atom is 0.413 e. The van der Waals surface area contributed by atoms with Crippen molar-refractivity contribution in [2.45, 2.75) is 25.6 Å². The van der Waals surface area contributed by atoms with Crippen molar-refractivity contribution in [1.29, 1.82) is 0 Å². The van der Waals surface area contributed by atoms with Gasteiger partial charge in [0.15, 0.2) is 0 Å². The van der Waals surface area contributed by atoms with Crippen molar-refractivity contribution in [2.75, 3.05) is 19.8 Å². The fraction of sp³-hybridized carbons (Fsp3) is 1.00. The largest absolute Gasteiger partial charge is 0.413 e. The highest BCUT2D eigenvalue weighted by Crippen LogP contribution is 2.28. The lowest BCUT2D eigenvalue weighted by Crippen LogP contribution is -2.41. The molecule has 0 aromatic heterocycles. The van der Waals surface area contributed by atoms with Gasteiger partial charge in [0.25, 0.3) is 0 Å². The SMILES string of the molecule is CC1COC2(OCCCO2)O1. The Labute approximate surface area is 65.4 Å². The second-order valence-electron chi connectivity index (χ2n) is 2.79. The van der Waals surface area contributed by atoms with Crippen LogP contribution >= 0.6 is 0 Å². The van der Waals surface area contributed by atoms with Crippen molar-refractivity contribution in [3.63, 3.8) is 0 Å². The predicted octanol–water partition coefficient (Wildman–Crippen LogP) is 0.470. The van der Waals surface area contributed by atoms with Crippen LogP contribution in [0, 0.1) is 0 Å². The normalized spacial score (nSPS) is 36.3. The summed E-state index contributed by atoms with van der Waals surface area (Å²) >= 11 is 0. The summed E-state index contributed by atoms with van der Waals surface area (Å²) in [5, 5.41) is 0. The van der Waals surface area contributed by atoms with E-state index in [9.17, 15) is 0 Å². The van der Waals surface area contributed by atoms with Crippen LogP contribution in [-0.2, 0) is 18.9 Å². The van der Waals surface area contributed by atoms with Gasteiger partial charge in [0, 0.05) is 0 Å². The molecule has 4 heteroatoms. The van der Waals surface area contributed by atoms with E-state index in [2.05, 4.69) is 0 Å². The summed E-state index contributed by atoms with van der Waals surface area (Å²) < 4.78 is 21.0. The van der Waals surface area contributed by atoms with Crippen LogP contribution in [0.3, 0.4) is 0 Å². The van der Waals surface area contributed by atoms with Crippen molar-refractivity contribution in [3.05, 3.63) is 0 Å². The number of hydrogen-bond donors (Lipinski definition) is 0. The minimum Gasteiger partial charge on any atom is -0.303 e. The van der Waals surface area contributed by atoms with Crippen molar-refractivity contribution in [3.8, 4) is 0 Å². The molecular formula is C7H12O4. The predicted molar refractivity (Wildman–Crippen MR) is 35.8 cm³/mol. The van der Waals surface area contributed by atoms with E-state index in [4.69, 9.17) is 18.9 Å². The van der Waals surface area contributed by atoms with Crippen molar-refractivity contribution in [2.24, 2.45) is 0 Å². The topological polar surface area (TPSA) is 36.9 Å². The van der Waals surface area contributed by atoms with Gasteiger partial charge >= 0.3 is 6.16 Å². The Morgan fingerprint density at radius 3 is 2.45 bits per heavy atom. The lowest BCUT2D eigenvalue weighted by atomic mass is 10.5. The standard InChI is InChI=1S/C7H12O4/c1-6-5-10-7(11-6)8-3-2-4-9-7/h6H,2-5H2,1H3. The molecule has 2 saturated heterocycles. The highest BCUT2D eigenvalue weighted by atomic mass is 17.0. The number of rotatable bonds is 0. The molecule has 0 bridgehead atoms. The molecule has 1 atom stereocenters. The number of hydrogen-bond acceptors (Lipinski definition) is 4. The smallest absolute Gasteiger partial charge is 0.303 e. The highest BCUT2D eigenvalue weighted by Gasteiger charge is 2.44. The molecule has 2 heterocycles. The lowest BCUT2D eigenvalue weighted by molar-refractivity contribution is -0.481. The Morgan fingerprint density at radius 2 is 1.91 bits per heavy atom. The van der Waals surface area contributed by atoms with Gasteiger partial charge in [-0.25, -0.2) is 0 Å². The van der Waals surface area contributed by atoms with Crippen LogP contribution in [0.5, 0.6) is 0 Å². The third kappa shape index (κ3) is 1.39. The molecule has 2 aliphatic heterocycles. The minimum absolute atomic E-state index is 0.0631. The maximum atomic E-state index is 5.32. The van der Waals surface area contributed by atoms with Gasteiger partial charge in [0.2, 0.25) is 0 Å². The number of ether oxygens (including phenoxy) is 4. The van der Waals surface area contributed by atoms with Gasteiger partial charge in [-0.05, 0) is 13.3 Å².